The van der Waals surface area contributed by atoms with Crippen molar-refractivity contribution < 1.29 is 10.0 Å². The lowest BCUT2D eigenvalue weighted by Gasteiger charge is -2.35. The second kappa shape index (κ2) is 6.31. The van der Waals surface area contributed by atoms with Crippen molar-refractivity contribution in [2.75, 3.05) is 44.2 Å². The number of halogens is 1. The Balaban J connectivity index is 2.13. The first-order valence-corrected chi connectivity index (χ1v) is 6.93. The number of β-amino-alcohol motifs (C(OH)–C–C–N with tert-alkyl or cyclic N) is 1. The maximum absolute atomic E-state index is 11.1. The SMILES string of the molecule is O=[N+]([O-])c1cc(Br)ccc1N1CCN(CCO)CC1. The van der Waals surface area contributed by atoms with Gasteiger partial charge in [-0.3, -0.25) is 15.0 Å². The topological polar surface area (TPSA) is 69.9 Å². The third-order valence-corrected chi connectivity index (χ3v) is 3.76. The van der Waals surface area contributed by atoms with Crippen LogP contribution in [0.3, 0.4) is 0 Å². The van der Waals surface area contributed by atoms with Crippen molar-refractivity contribution in [3.05, 3.63) is 32.8 Å². The first-order valence-electron chi connectivity index (χ1n) is 6.14. The van der Waals surface area contributed by atoms with Crippen LogP contribution in [0.15, 0.2) is 22.7 Å². The number of nitro benzene ring substituents is 1. The number of benzene rings is 1. The molecule has 104 valence electrons. The van der Waals surface area contributed by atoms with Crippen molar-refractivity contribution in [2.24, 2.45) is 0 Å². The van der Waals surface area contributed by atoms with E-state index in [1.165, 1.54) is 6.07 Å². The molecule has 2 rings (SSSR count). The quantitative estimate of drug-likeness (QED) is 0.669. The van der Waals surface area contributed by atoms with E-state index in [0.717, 1.165) is 26.2 Å². The predicted molar refractivity (Wildman–Crippen MR) is 76.5 cm³/mol. The summed E-state index contributed by atoms with van der Waals surface area (Å²) in [6.07, 6.45) is 0. The largest absolute Gasteiger partial charge is 0.395 e. The van der Waals surface area contributed by atoms with Crippen LogP contribution in [0.4, 0.5) is 11.4 Å². The van der Waals surface area contributed by atoms with Crippen LogP contribution in [0.1, 0.15) is 0 Å². The lowest BCUT2D eigenvalue weighted by molar-refractivity contribution is -0.384. The van der Waals surface area contributed by atoms with Crippen LogP contribution in [0.5, 0.6) is 0 Å². The fourth-order valence-corrected chi connectivity index (χ4v) is 2.61. The second-order valence-corrected chi connectivity index (χ2v) is 5.36. The first-order chi connectivity index (χ1) is 9.11. The average molecular weight is 330 g/mol. The lowest BCUT2D eigenvalue weighted by Crippen LogP contribution is -2.47. The van der Waals surface area contributed by atoms with Gasteiger partial charge in [0.1, 0.15) is 5.69 Å². The molecule has 1 fully saturated rings. The summed E-state index contributed by atoms with van der Waals surface area (Å²) in [5, 5.41) is 20.0. The number of nitrogens with zero attached hydrogens (tertiary/aromatic N) is 3. The highest BCUT2D eigenvalue weighted by Gasteiger charge is 2.23. The lowest BCUT2D eigenvalue weighted by atomic mass is 10.2. The third-order valence-electron chi connectivity index (χ3n) is 3.26. The van der Waals surface area contributed by atoms with Gasteiger partial charge in [0.05, 0.1) is 11.5 Å². The monoisotopic (exact) mass is 329 g/mol. The van der Waals surface area contributed by atoms with Crippen molar-refractivity contribution in [1.82, 2.24) is 4.90 Å². The molecule has 6 nitrogen and oxygen atoms in total. The van der Waals surface area contributed by atoms with Gasteiger partial charge in [0, 0.05) is 43.3 Å². The number of rotatable bonds is 4. The molecule has 0 bridgehead atoms. The summed E-state index contributed by atoms with van der Waals surface area (Å²) in [7, 11) is 0. The summed E-state index contributed by atoms with van der Waals surface area (Å²) in [4.78, 5) is 14.9. The molecule has 0 aromatic heterocycles. The number of piperazine rings is 1. The normalized spacial score (nSPS) is 16.6. The molecule has 1 aromatic rings. The molecule has 19 heavy (non-hydrogen) atoms. The molecule has 1 heterocycles. The molecule has 0 radical (unpaired) electrons. The number of hydrogen-bond acceptors (Lipinski definition) is 5. The Hall–Kier alpha value is -1.18. The molecule has 1 aliphatic rings. The van der Waals surface area contributed by atoms with E-state index in [9.17, 15) is 10.1 Å². The van der Waals surface area contributed by atoms with Gasteiger partial charge in [0.25, 0.3) is 5.69 Å². The van der Waals surface area contributed by atoms with Crippen LogP contribution in [0.2, 0.25) is 0 Å². The molecular formula is C12H16BrN3O3. The molecule has 0 amide bonds. The van der Waals surface area contributed by atoms with E-state index in [4.69, 9.17) is 5.11 Å². The molecule has 7 heteroatoms. The van der Waals surface area contributed by atoms with E-state index >= 15 is 0 Å². The maximum atomic E-state index is 11.1. The Bertz CT molecular complexity index is 462. The third kappa shape index (κ3) is 3.43. The van der Waals surface area contributed by atoms with Crippen LogP contribution in [-0.4, -0.2) is 54.3 Å². The molecule has 0 unspecified atom stereocenters. The van der Waals surface area contributed by atoms with Crippen LogP contribution in [0.25, 0.3) is 0 Å². The highest BCUT2D eigenvalue weighted by molar-refractivity contribution is 9.10. The van der Waals surface area contributed by atoms with Crippen molar-refractivity contribution in [3.63, 3.8) is 0 Å². The zero-order valence-corrected chi connectivity index (χ0v) is 12.0. The zero-order chi connectivity index (χ0) is 13.8. The fraction of sp³-hybridized carbons (Fsp3) is 0.500. The minimum absolute atomic E-state index is 0.130. The van der Waals surface area contributed by atoms with Crippen molar-refractivity contribution in [3.8, 4) is 0 Å². The van der Waals surface area contributed by atoms with Crippen molar-refractivity contribution >= 4 is 27.3 Å². The van der Waals surface area contributed by atoms with Crippen LogP contribution in [0, 0.1) is 10.1 Å². The number of aliphatic hydroxyl groups excluding tert-OH is 1. The molecule has 1 aromatic carbocycles. The number of anilines is 1. The van der Waals surface area contributed by atoms with Gasteiger partial charge in [0.2, 0.25) is 0 Å². The molecule has 0 saturated carbocycles. The highest BCUT2D eigenvalue weighted by Crippen LogP contribution is 2.31. The van der Waals surface area contributed by atoms with Crippen LogP contribution in [-0.2, 0) is 0 Å². The summed E-state index contributed by atoms with van der Waals surface area (Å²) < 4.78 is 0.710. The maximum Gasteiger partial charge on any atom is 0.293 e. The standard InChI is InChI=1S/C12H16BrN3O3/c13-10-1-2-11(12(9-10)16(18)19)15-5-3-14(4-6-15)7-8-17/h1-2,9,17H,3-8H2. The predicted octanol–water partition coefficient (Wildman–Crippen LogP) is 1.47. The van der Waals surface area contributed by atoms with Crippen LogP contribution >= 0.6 is 15.9 Å². The van der Waals surface area contributed by atoms with E-state index in [1.54, 1.807) is 6.07 Å². The van der Waals surface area contributed by atoms with E-state index in [2.05, 4.69) is 20.8 Å². The Morgan fingerprint density at radius 2 is 2.00 bits per heavy atom. The van der Waals surface area contributed by atoms with Gasteiger partial charge in [-0.2, -0.15) is 0 Å². The van der Waals surface area contributed by atoms with Gasteiger partial charge in [0.15, 0.2) is 0 Å². The summed E-state index contributed by atoms with van der Waals surface area (Å²) in [5.74, 6) is 0. The van der Waals surface area contributed by atoms with Gasteiger partial charge >= 0.3 is 0 Å². The molecule has 1 N–H and O–H groups in total. The molecule has 0 spiro atoms. The summed E-state index contributed by atoms with van der Waals surface area (Å²) in [6.45, 7) is 3.92. The van der Waals surface area contributed by atoms with Crippen molar-refractivity contribution in [1.29, 1.82) is 0 Å². The summed E-state index contributed by atoms with van der Waals surface area (Å²) in [6, 6.07) is 5.14. The average Bonchev–Trinajstić information content (AvgIpc) is 2.40. The van der Waals surface area contributed by atoms with Gasteiger partial charge in [-0.25, -0.2) is 0 Å². The van der Waals surface area contributed by atoms with Crippen LogP contribution < -0.4 is 4.90 Å². The van der Waals surface area contributed by atoms with Gasteiger partial charge < -0.3 is 10.0 Å². The number of aliphatic hydroxyl groups is 1. The van der Waals surface area contributed by atoms with E-state index in [-0.39, 0.29) is 17.2 Å². The fourth-order valence-electron chi connectivity index (χ4n) is 2.26. The van der Waals surface area contributed by atoms with E-state index < -0.39 is 0 Å². The minimum atomic E-state index is -0.347. The molecule has 0 atom stereocenters. The van der Waals surface area contributed by atoms with E-state index in [1.807, 2.05) is 11.0 Å². The zero-order valence-electron chi connectivity index (χ0n) is 10.5. The highest BCUT2D eigenvalue weighted by atomic mass is 79.9. The number of nitro groups is 1. The molecule has 1 saturated heterocycles. The smallest absolute Gasteiger partial charge is 0.293 e. The molecular weight excluding hydrogens is 314 g/mol. The summed E-state index contributed by atoms with van der Waals surface area (Å²) in [5.41, 5.74) is 0.793. The Morgan fingerprint density at radius 3 is 2.58 bits per heavy atom. The van der Waals surface area contributed by atoms with Gasteiger partial charge in [-0.15, -0.1) is 0 Å². The minimum Gasteiger partial charge on any atom is -0.395 e. The Labute approximate surface area is 119 Å². The van der Waals surface area contributed by atoms with Gasteiger partial charge in [-0.05, 0) is 12.1 Å². The summed E-state index contributed by atoms with van der Waals surface area (Å²) >= 11 is 3.26. The Kier molecular flexibility index (Phi) is 4.73. The van der Waals surface area contributed by atoms with Gasteiger partial charge in [-0.1, -0.05) is 15.9 Å². The number of hydrogen-bond donors (Lipinski definition) is 1. The molecule has 0 aliphatic carbocycles. The first kappa shape index (κ1) is 14.2. The Morgan fingerprint density at radius 1 is 1.32 bits per heavy atom. The van der Waals surface area contributed by atoms with E-state index in [0.29, 0.717) is 16.7 Å². The second-order valence-electron chi connectivity index (χ2n) is 4.44. The molecule has 1 aliphatic heterocycles. The van der Waals surface area contributed by atoms with Crippen molar-refractivity contribution in [2.45, 2.75) is 0 Å².